The molecule has 4 aromatic carbocycles. The van der Waals surface area contributed by atoms with Gasteiger partial charge in [-0.1, -0.05) is 127 Å². The average molecular weight is 471 g/mol. The monoisotopic (exact) mass is 470 g/mol. The fourth-order valence-corrected chi connectivity index (χ4v) is 8.09. The topological polar surface area (TPSA) is 26.3 Å². The van der Waals surface area contributed by atoms with Gasteiger partial charge in [-0.2, -0.15) is 0 Å². The van der Waals surface area contributed by atoms with E-state index in [9.17, 15) is 4.79 Å². The smallest absolute Gasteiger partial charge is 0.338 e. The van der Waals surface area contributed by atoms with E-state index in [2.05, 4.69) is 61.6 Å². The minimum atomic E-state index is -2.18. The van der Waals surface area contributed by atoms with Crippen LogP contribution in [-0.4, -0.2) is 14.0 Å². The second-order valence-electron chi connectivity index (χ2n) is 8.72. The van der Waals surface area contributed by atoms with E-state index in [1.807, 2.05) is 42.5 Å². The molecule has 0 bridgehead atoms. The zero-order valence-corrected chi connectivity index (χ0v) is 20.6. The van der Waals surface area contributed by atoms with E-state index in [4.69, 9.17) is 16.3 Å². The van der Waals surface area contributed by atoms with Crippen LogP contribution in [0.3, 0.4) is 0 Å². The Kier molecular flexibility index (Phi) is 7.12. The van der Waals surface area contributed by atoms with Gasteiger partial charge in [0, 0.05) is 10.6 Å². The van der Waals surface area contributed by atoms with Crippen LogP contribution in [0, 0.1) is 0 Å². The first kappa shape index (κ1) is 23.0. The number of hydrogen-bond acceptors (Lipinski definition) is 2. The molecular weight excluding hydrogens is 444 g/mol. The number of rotatable bonds is 7. The number of ether oxygens (including phenoxy) is 1. The van der Waals surface area contributed by atoms with Crippen LogP contribution in [0.15, 0.2) is 115 Å². The van der Waals surface area contributed by atoms with Gasteiger partial charge in [-0.15, -0.1) is 0 Å². The summed E-state index contributed by atoms with van der Waals surface area (Å²) in [6.45, 7) is 4.70. The Balaban J connectivity index is 1.84. The lowest BCUT2D eigenvalue weighted by Gasteiger charge is -2.39. The Labute approximate surface area is 201 Å². The Morgan fingerprint density at radius 3 is 1.85 bits per heavy atom. The minimum absolute atomic E-state index is 0.00614. The summed E-state index contributed by atoms with van der Waals surface area (Å²) >= 11 is 6.15. The molecule has 0 amide bonds. The van der Waals surface area contributed by atoms with Gasteiger partial charge in [0.05, 0.1) is 13.6 Å². The maximum Gasteiger partial charge on any atom is 0.338 e. The summed E-state index contributed by atoms with van der Waals surface area (Å²) in [6, 6.07) is 38.0. The maximum absolute atomic E-state index is 13.3. The van der Waals surface area contributed by atoms with Crippen LogP contribution in [0.1, 0.15) is 33.1 Å². The van der Waals surface area contributed by atoms with Gasteiger partial charge >= 0.3 is 5.97 Å². The normalized spacial score (nSPS) is 13.2. The molecule has 0 saturated carbocycles. The Morgan fingerprint density at radius 2 is 1.27 bits per heavy atom. The molecule has 0 heterocycles. The van der Waals surface area contributed by atoms with Crippen LogP contribution in [0.5, 0.6) is 0 Å². The van der Waals surface area contributed by atoms with E-state index in [-0.39, 0.29) is 11.5 Å². The van der Waals surface area contributed by atoms with Crippen LogP contribution < -0.4 is 5.19 Å². The summed E-state index contributed by atoms with van der Waals surface area (Å²) in [4.78, 5) is 13.3. The second-order valence-corrected chi connectivity index (χ2v) is 13.8. The summed E-state index contributed by atoms with van der Waals surface area (Å²) in [5.74, 6) is -0.370. The molecule has 0 N–H and O–H groups in total. The van der Waals surface area contributed by atoms with Gasteiger partial charge in [0.25, 0.3) is 0 Å². The first-order valence-electron chi connectivity index (χ1n) is 11.1. The van der Waals surface area contributed by atoms with Crippen molar-refractivity contribution in [1.29, 1.82) is 0 Å². The predicted molar refractivity (Wildman–Crippen MR) is 139 cm³/mol. The number of halogens is 1. The molecule has 0 saturated heterocycles. The molecule has 166 valence electrons. The third kappa shape index (κ3) is 5.27. The van der Waals surface area contributed by atoms with Crippen molar-refractivity contribution in [2.45, 2.75) is 24.7 Å². The van der Waals surface area contributed by atoms with Gasteiger partial charge < -0.3 is 4.74 Å². The first-order chi connectivity index (χ1) is 16.0. The van der Waals surface area contributed by atoms with E-state index in [0.717, 1.165) is 5.56 Å². The van der Waals surface area contributed by atoms with E-state index in [0.29, 0.717) is 10.6 Å². The number of carbonyl (C=O) groups is 1. The van der Waals surface area contributed by atoms with Gasteiger partial charge in [0.1, 0.15) is 6.10 Å². The molecule has 0 aliphatic carbocycles. The van der Waals surface area contributed by atoms with Crippen LogP contribution in [0.2, 0.25) is 18.1 Å². The Bertz CT molecular complexity index is 1190. The van der Waals surface area contributed by atoms with Crippen LogP contribution >= 0.6 is 11.6 Å². The minimum Gasteiger partial charge on any atom is -0.454 e. The van der Waals surface area contributed by atoms with Crippen molar-refractivity contribution in [2.75, 3.05) is 0 Å². The maximum atomic E-state index is 13.3. The second kappa shape index (κ2) is 10.2. The van der Waals surface area contributed by atoms with Gasteiger partial charge in [-0.3, -0.25) is 0 Å². The molecule has 0 aliphatic rings. The van der Waals surface area contributed by atoms with Crippen molar-refractivity contribution in [3.05, 3.63) is 137 Å². The van der Waals surface area contributed by atoms with Crippen molar-refractivity contribution < 1.29 is 9.53 Å². The highest BCUT2D eigenvalue weighted by Crippen LogP contribution is 2.41. The molecule has 2 atom stereocenters. The highest BCUT2D eigenvalue weighted by Gasteiger charge is 2.42. The fourth-order valence-electron chi connectivity index (χ4n) is 4.45. The number of hydrogen-bond donors (Lipinski definition) is 0. The van der Waals surface area contributed by atoms with Gasteiger partial charge in [-0.05, 0) is 29.3 Å². The van der Waals surface area contributed by atoms with Gasteiger partial charge in [-0.25, -0.2) is 4.79 Å². The molecule has 0 aliphatic heterocycles. The van der Waals surface area contributed by atoms with E-state index in [1.54, 1.807) is 24.3 Å². The third-order valence-electron chi connectivity index (χ3n) is 6.18. The molecule has 0 aromatic heterocycles. The molecule has 0 fully saturated rings. The third-order valence-corrected chi connectivity index (χ3v) is 10.4. The molecule has 0 unspecified atom stereocenters. The molecule has 0 spiro atoms. The number of carbonyl (C=O) groups excluding carboxylic acids is 1. The lowest BCUT2D eigenvalue weighted by atomic mass is 10.00. The van der Waals surface area contributed by atoms with Gasteiger partial charge in [0.2, 0.25) is 0 Å². The Morgan fingerprint density at radius 1 is 0.727 bits per heavy atom. The van der Waals surface area contributed by atoms with Crippen molar-refractivity contribution in [1.82, 2.24) is 0 Å². The van der Waals surface area contributed by atoms with Crippen LogP contribution in [0.4, 0.5) is 0 Å². The largest absolute Gasteiger partial charge is 0.454 e. The summed E-state index contributed by atoms with van der Waals surface area (Å²) in [5.41, 5.74) is 2.62. The molecule has 4 rings (SSSR count). The lowest BCUT2D eigenvalue weighted by Crippen LogP contribution is -2.50. The predicted octanol–water partition coefficient (Wildman–Crippen LogP) is 7.18. The fraction of sp³-hybridized carbons (Fsp3) is 0.138. The Hall–Kier alpha value is -3.14. The van der Waals surface area contributed by atoms with Crippen LogP contribution in [-0.2, 0) is 4.74 Å². The quantitative estimate of drug-likeness (QED) is 0.211. The van der Waals surface area contributed by atoms with Crippen molar-refractivity contribution in [2.24, 2.45) is 0 Å². The zero-order chi connectivity index (χ0) is 23.3. The number of esters is 1. The highest BCUT2D eigenvalue weighted by atomic mass is 35.5. The molecule has 2 nitrogen and oxygen atoms in total. The molecular formula is C29H27ClO2Si. The highest BCUT2D eigenvalue weighted by molar-refractivity contribution is 6.91. The molecule has 0 radical (unpaired) electrons. The van der Waals surface area contributed by atoms with E-state index in [1.165, 1.54) is 10.8 Å². The molecule has 33 heavy (non-hydrogen) atoms. The van der Waals surface area contributed by atoms with Crippen molar-refractivity contribution in [3.63, 3.8) is 0 Å². The van der Waals surface area contributed by atoms with E-state index >= 15 is 0 Å². The van der Waals surface area contributed by atoms with Crippen LogP contribution in [0.25, 0.3) is 0 Å². The zero-order valence-electron chi connectivity index (χ0n) is 18.8. The standard InChI is InChI=1S/C29H27ClO2Si/c1-33(2,26-19-10-5-11-20-26)28(23-15-8-4-9-16-23)27(22-13-6-3-7-14-22)32-29(31)24-17-12-18-25(30)21-24/h3-21,27-28H,1-2H3/t27-,28+/m0/s1. The van der Waals surface area contributed by atoms with Gasteiger partial charge in [0.15, 0.2) is 0 Å². The van der Waals surface area contributed by atoms with E-state index < -0.39 is 14.2 Å². The summed E-state index contributed by atoms with van der Waals surface area (Å²) in [7, 11) is -2.18. The summed E-state index contributed by atoms with van der Waals surface area (Å²) in [5, 5.41) is 1.83. The first-order valence-corrected chi connectivity index (χ1v) is 14.5. The number of benzene rings is 4. The average Bonchev–Trinajstić information content (AvgIpc) is 2.85. The SMILES string of the molecule is C[Si](C)(c1ccccc1)[C@H](c1ccccc1)[C@@H](OC(=O)c1cccc(Cl)c1)c1ccccc1. The summed E-state index contributed by atoms with van der Waals surface area (Å²) in [6.07, 6.45) is -0.443. The summed E-state index contributed by atoms with van der Waals surface area (Å²) < 4.78 is 6.34. The lowest BCUT2D eigenvalue weighted by molar-refractivity contribution is 0.0279. The molecule has 4 aromatic rings. The van der Waals surface area contributed by atoms with Crippen molar-refractivity contribution >= 4 is 30.8 Å². The van der Waals surface area contributed by atoms with Crippen molar-refractivity contribution in [3.8, 4) is 0 Å². The molecule has 4 heteroatoms.